The molecular formula is C24H30N4O4. The van der Waals surface area contributed by atoms with Crippen molar-refractivity contribution in [3.8, 4) is 17.6 Å². The lowest BCUT2D eigenvalue weighted by Crippen LogP contribution is -2.53. The molecule has 2 aliphatic heterocycles. The fourth-order valence-corrected chi connectivity index (χ4v) is 4.93. The van der Waals surface area contributed by atoms with Crippen molar-refractivity contribution in [2.24, 2.45) is 11.1 Å². The molecule has 170 valence electrons. The fraction of sp³-hybridized carbons (Fsp3) is 0.500. The maximum absolute atomic E-state index is 13.5. The molecule has 1 atom stereocenters. The summed E-state index contributed by atoms with van der Waals surface area (Å²) in [4.78, 5) is 13.5. The summed E-state index contributed by atoms with van der Waals surface area (Å²) in [6, 6.07) is 7.81. The summed E-state index contributed by atoms with van der Waals surface area (Å²) in [5.41, 5.74) is 9.14. The second-order valence-corrected chi connectivity index (χ2v) is 9.14. The number of nitrogens with two attached hydrogens (primary N) is 1. The van der Waals surface area contributed by atoms with Crippen LogP contribution in [-0.2, 0) is 9.53 Å². The molecule has 8 nitrogen and oxygen atoms in total. The van der Waals surface area contributed by atoms with Crippen molar-refractivity contribution in [1.82, 2.24) is 10.0 Å². The number of ether oxygens (including phenoxy) is 3. The molecule has 32 heavy (non-hydrogen) atoms. The van der Waals surface area contributed by atoms with E-state index in [1.54, 1.807) is 20.3 Å². The molecule has 1 saturated heterocycles. The SMILES string of the molecule is COc1ccc([C@H]2C(C#N)=C(N)N(N3CCOCC3)C3=C2C(=O)CC(C)(C)C3)cc1OC. The maximum Gasteiger partial charge on any atom is 0.162 e. The third kappa shape index (κ3) is 3.72. The van der Waals surface area contributed by atoms with Crippen LogP contribution in [0.25, 0.3) is 0 Å². The van der Waals surface area contributed by atoms with Crippen molar-refractivity contribution >= 4 is 5.78 Å². The standard InChI is InChI=1S/C24H30N4O4/c1-24(2)12-17-22(18(29)13-24)21(15-5-6-19(30-3)20(11-15)31-4)16(14-25)23(26)28(17)27-7-9-32-10-8-27/h5-6,11,21H,7-10,12-13,26H2,1-4H3/t21-/m0/s1. The summed E-state index contributed by atoms with van der Waals surface area (Å²) < 4.78 is 16.4. The third-order valence-electron chi connectivity index (χ3n) is 6.37. The van der Waals surface area contributed by atoms with Gasteiger partial charge in [0.25, 0.3) is 0 Å². The highest BCUT2D eigenvalue weighted by Gasteiger charge is 2.46. The fourth-order valence-electron chi connectivity index (χ4n) is 4.93. The van der Waals surface area contributed by atoms with Gasteiger partial charge in [-0.15, -0.1) is 0 Å². The number of ketones is 1. The molecule has 4 rings (SSSR count). The summed E-state index contributed by atoms with van der Waals surface area (Å²) >= 11 is 0. The minimum absolute atomic E-state index is 0.0505. The number of benzene rings is 1. The molecule has 0 radical (unpaired) electrons. The first kappa shape index (κ1) is 22.2. The van der Waals surface area contributed by atoms with Gasteiger partial charge in [0.2, 0.25) is 0 Å². The molecule has 0 aromatic heterocycles. The lowest BCUT2D eigenvalue weighted by Gasteiger charge is -2.48. The molecule has 1 aliphatic carbocycles. The Kier molecular flexibility index (Phi) is 5.89. The Bertz CT molecular complexity index is 1030. The molecule has 0 amide bonds. The van der Waals surface area contributed by atoms with Gasteiger partial charge in [-0.3, -0.25) is 9.80 Å². The van der Waals surface area contributed by atoms with E-state index in [-0.39, 0.29) is 11.2 Å². The lowest BCUT2D eigenvalue weighted by atomic mass is 9.69. The van der Waals surface area contributed by atoms with Crippen molar-refractivity contribution in [3.63, 3.8) is 0 Å². The molecule has 0 bridgehead atoms. The molecule has 1 aromatic rings. The predicted molar refractivity (Wildman–Crippen MR) is 118 cm³/mol. The van der Waals surface area contributed by atoms with Crippen LogP contribution in [-0.4, -0.2) is 56.3 Å². The van der Waals surface area contributed by atoms with Crippen LogP contribution in [0.1, 0.15) is 38.2 Å². The Morgan fingerprint density at radius 2 is 1.84 bits per heavy atom. The van der Waals surface area contributed by atoms with E-state index in [0.29, 0.717) is 67.6 Å². The van der Waals surface area contributed by atoms with E-state index in [1.165, 1.54) is 0 Å². The largest absolute Gasteiger partial charge is 0.493 e. The molecule has 2 N–H and O–H groups in total. The van der Waals surface area contributed by atoms with Crippen LogP contribution >= 0.6 is 0 Å². The number of hydrogen-bond donors (Lipinski definition) is 1. The first-order valence-corrected chi connectivity index (χ1v) is 10.8. The summed E-state index contributed by atoms with van der Waals surface area (Å²) in [6.07, 6.45) is 1.11. The third-order valence-corrected chi connectivity index (χ3v) is 6.37. The van der Waals surface area contributed by atoms with Crippen molar-refractivity contribution in [1.29, 1.82) is 5.26 Å². The maximum atomic E-state index is 13.5. The highest BCUT2D eigenvalue weighted by molar-refractivity contribution is 6.00. The van der Waals surface area contributed by atoms with Crippen LogP contribution < -0.4 is 15.2 Å². The van der Waals surface area contributed by atoms with E-state index in [9.17, 15) is 10.1 Å². The number of morpholine rings is 1. The van der Waals surface area contributed by atoms with Crippen LogP contribution in [0.3, 0.4) is 0 Å². The van der Waals surface area contributed by atoms with Gasteiger partial charge < -0.3 is 19.9 Å². The quantitative estimate of drug-likeness (QED) is 0.766. The van der Waals surface area contributed by atoms with Gasteiger partial charge in [0.1, 0.15) is 5.82 Å². The van der Waals surface area contributed by atoms with Crippen molar-refractivity contribution in [2.75, 3.05) is 40.5 Å². The molecule has 8 heteroatoms. The highest BCUT2D eigenvalue weighted by Crippen LogP contribution is 2.50. The number of carbonyl (C=O) groups is 1. The molecule has 0 spiro atoms. The Morgan fingerprint density at radius 3 is 2.47 bits per heavy atom. The monoisotopic (exact) mass is 438 g/mol. The first-order valence-electron chi connectivity index (χ1n) is 10.8. The zero-order valence-electron chi connectivity index (χ0n) is 19.1. The zero-order chi connectivity index (χ0) is 23.0. The summed E-state index contributed by atoms with van der Waals surface area (Å²) in [5, 5.41) is 14.2. The minimum Gasteiger partial charge on any atom is -0.493 e. The van der Waals surface area contributed by atoms with E-state index in [0.717, 1.165) is 11.3 Å². The number of hydrazine groups is 1. The molecular weight excluding hydrogens is 408 g/mol. The topological polar surface area (TPSA) is 101 Å². The van der Waals surface area contributed by atoms with Gasteiger partial charge in [-0.25, -0.2) is 5.01 Å². The second kappa shape index (κ2) is 8.49. The smallest absolute Gasteiger partial charge is 0.162 e. The average molecular weight is 439 g/mol. The van der Waals surface area contributed by atoms with Crippen molar-refractivity contribution in [3.05, 3.63) is 46.4 Å². The zero-order valence-corrected chi connectivity index (χ0v) is 19.1. The molecule has 2 heterocycles. The second-order valence-electron chi connectivity index (χ2n) is 9.14. The number of nitriles is 1. The number of hydrogen-bond acceptors (Lipinski definition) is 8. The number of rotatable bonds is 4. The molecule has 1 fully saturated rings. The number of allylic oxidation sites excluding steroid dienone is 3. The van der Waals surface area contributed by atoms with Gasteiger partial charge in [-0.1, -0.05) is 19.9 Å². The molecule has 3 aliphatic rings. The van der Waals surface area contributed by atoms with Gasteiger partial charge in [-0.05, 0) is 29.5 Å². The first-order chi connectivity index (χ1) is 15.3. The average Bonchev–Trinajstić information content (AvgIpc) is 2.77. The van der Waals surface area contributed by atoms with E-state index in [4.69, 9.17) is 19.9 Å². The summed E-state index contributed by atoms with van der Waals surface area (Å²) in [5.74, 6) is 1.01. The van der Waals surface area contributed by atoms with Crippen molar-refractivity contribution < 1.29 is 19.0 Å². The number of carbonyl (C=O) groups excluding carboxylic acids is 1. The van der Waals surface area contributed by atoms with Gasteiger partial charge in [0.15, 0.2) is 17.3 Å². The summed E-state index contributed by atoms with van der Waals surface area (Å²) in [6.45, 7) is 6.63. The van der Waals surface area contributed by atoms with Gasteiger partial charge in [-0.2, -0.15) is 5.26 Å². The van der Waals surface area contributed by atoms with Crippen molar-refractivity contribution in [2.45, 2.75) is 32.6 Å². The van der Waals surface area contributed by atoms with Gasteiger partial charge in [0.05, 0.1) is 45.0 Å². The van der Waals surface area contributed by atoms with Crippen LogP contribution in [0.5, 0.6) is 11.5 Å². The number of methoxy groups -OCH3 is 2. The Balaban J connectivity index is 1.92. The van der Waals surface area contributed by atoms with Gasteiger partial charge in [0, 0.05) is 30.8 Å². The number of Topliss-reactive ketones (excluding diaryl/α,β-unsaturated/α-hetero) is 1. The molecule has 0 unspecified atom stereocenters. The van der Waals surface area contributed by atoms with Crippen LogP contribution in [0, 0.1) is 16.7 Å². The molecule has 0 saturated carbocycles. The number of nitrogens with zero attached hydrogens (tertiary/aromatic N) is 3. The normalized spacial score (nSPS) is 23.7. The minimum atomic E-state index is -0.546. The Labute approximate surface area is 188 Å². The van der Waals surface area contributed by atoms with Gasteiger partial charge >= 0.3 is 0 Å². The van der Waals surface area contributed by atoms with Crippen LogP contribution in [0.15, 0.2) is 40.9 Å². The molecule has 1 aromatic carbocycles. The Hall–Kier alpha value is -3.02. The predicted octanol–water partition coefficient (Wildman–Crippen LogP) is 2.69. The van der Waals surface area contributed by atoms with E-state index < -0.39 is 5.92 Å². The highest BCUT2D eigenvalue weighted by atomic mass is 16.5. The van der Waals surface area contributed by atoms with E-state index in [2.05, 4.69) is 24.9 Å². The lowest BCUT2D eigenvalue weighted by molar-refractivity contribution is -0.119. The summed E-state index contributed by atoms with van der Waals surface area (Å²) in [7, 11) is 3.14. The van der Waals surface area contributed by atoms with Crippen LogP contribution in [0.4, 0.5) is 0 Å². The van der Waals surface area contributed by atoms with Crippen LogP contribution in [0.2, 0.25) is 0 Å². The van der Waals surface area contributed by atoms with E-state index in [1.807, 2.05) is 17.1 Å². The van der Waals surface area contributed by atoms with E-state index >= 15 is 0 Å². The Morgan fingerprint density at radius 1 is 1.16 bits per heavy atom.